The van der Waals surface area contributed by atoms with Crippen LogP contribution in [0.3, 0.4) is 0 Å². The van der Waals surface area contributed by atoms with Crippen molar-refractivity contribution in [2.24, 2.45) is 11.8 Å². The van der Waals surface area contributed by atoms with Crippen molar-refractivity contribution in [3.63, 3.8) is 0 Å². The van der Waals surface area contributed by atoms with Crippen LogP contribution in [0.5, 0.6) is 0 Å². The molecule has 0 aliphatic carbocycles. The Kier molecular flexibility index (Phi) is 12.4. The number of rotatable bonds is 11. The molecule has 5 heterocycles. The van der Waals surface area contributed by atoms with Gasteiger partial charge >= 0.3 is 12.2 Å². The summed E-state index contributed by atoms with van der Waals surface area (Å²) in [6, 6.07) is 14.2. The molecule has 7 rings (SSSR count). The number of amides is 4. The van der Waals surface area contributed by atoms with Crippen molar-refractivity contribution >= 4 is 24.0 Å². The van der Waals surface area contributed by atoms with E-state index in [-0.39, 0.29) is 36.2 Å². The van der Waals surface area contributed by atoms with Crippen LogP contribution < -0.4 is 10.6 Å². The van der Waals surface area contributed by atoms with Gasteiger partial charge in [0.2, 0.25) is 11.8 Å². The summed E-state index contributed by atoms with van der Waals surface area (Å²) in [5.74, 6) is -0.343. The summed E-state index contributed by atoms with van der Waals surface area (Å²) >= 11 is 0. The molecular weight excluding hydrogens is 757 g/mol. The van der Waals surface area contributed by atoms with Crippen LogP contribution in [0.2, 0.25) is 0 Å². The lowest BCUT2D eigenvalue weighted by Crippen LogP contribution is -2.52. The second-order valence-corrected chi connectivity index (χ2v) is 16.1. The van der Waals surface area contributed by atoms with Gasteiger partial charge in [0.15, 0.2) is 5.79 Å². The molecule has 2 unspecified atom stereocenters. The van der Waals surface area contributed by atoms with E-state index in [0.717, 1.165) is 52.9 Å². The Labute approximate surface area is 343 Å². The first-order valence-corrected chi connectivity index (χ1v) is 20.3. The van der Waals surface area contributed by atoms with Gasteiger partial charge in [-0.1, -0.05) is 76.2 Å². The summed E-state index contributed by atoms with van der Waals surface area (Å²) in [5.41, 5.74) is 5.60. The zero-order valence-corrected chi connectivity index (χ0v) is 34.4. The first-order valence-electron chi connectivity index (χ1n) is 20.3. The molecule has 314 valence electrons. The van der Waals surface area contributed by atoms with Crippen LogP contribution in [0, 0.1) is 11.8 Å². The van der Waals surface area contributed by atoms with Gasteiger partial charge in [-0.15, -0.1) is 0 Å². The summed E-state index contributed by atoms with van der Waals surface area (Å²) in [6.45, 7) is 9.41. The zero-order chi connectivity index (χ0) is 41.8. The van der Waals surface area contributed by atoms with Gasteiger partial charge in [0.25, 0.3) is 0 Å². The second kappa shape index (κ2) is 17.6. The monoisotopic (exact) mass is 810 g/mol. The van der Waals surface area contributed by atoms with E-state index in [2.05, 4.69) is 49.9 Å². The Balaban J connectivity index is 1.04. The number of ether oxygens (including phenoxy) is 4. The number of aromatic nitrogens is 4. The predicted molar refractivity (Wildman–Crippen MR) is 217 cm³/mol. The Morgan fingerprint density at radius 1 is 0.695 bits per heavy atom. The first-order chi connectivity index (χ1) is 28.4. The summed E-state index contributed by atoms with van der Waals surface area (Å²) in [4.78, 5) is 71.5. The quantitative estimate of drug-likeness (QED) is 0.140. The highest BCUT2D eigenvalue weighted by molar-refractivity contribution is 5.87. The fraction of sp³-hybridized carbons (Fsp3) is 0.488. The number of methoxy groups -OCH3 is 2. The van der Waals surface area contributed by atoms with Gasteiger partial charge in [0.1, 0.15) is 23.7 Å². The number of carbonyl (C=O) groups is 4. The lowest BCUT2D eigenvalue weighted by molar-refractivity contribution is -0.257. The molecule has 1 spiro atoms. The maximum Gasteiger partial charge on any atom is 0.407 e. The molecule has 0 bridgehead atoms. The summed E-state index contributed by atoms with van der Waals surface area (Å²) in [7, 11) is 2.56. The highest BCUT2D eigenvalue weighted by atomic mass is 16.7. The van der Waals surface area contributed by atoms with Crippen molar-refractivity contribution in [2.45, 2.75) is 83.3 Å². The van der Waals surface area contributed by atoms with Crippen molar-refractivity contribution in [1.29, 1.82) is 0 Å². The number of carbonyl (C=O) groups excluding carboxylic acids is 4. The molecule has 4 N–H and O–H groups in total. The molecule has 59 heavy (non-hydrogen) atoms. The first kappa shape index (κ1) is 41.4. The molecule has 3 fully saturated rings. The Hall–Kier alpha value is -5.74. The molecule has 3 aliphatic heterocycles. The van der Waals surface area contributed by atoms with Gasteiger partial charge in [0, 0.05) is 13.0 Å². The normalized spacial score (nSPS) is 19.9. The third-order valence-corrected chi connectivity index (χ3v) is 11.5. The van der Waals surface area contributed by atoms with E-state index in [1.807, 2.05) is 52.0 Å². The minimum absolute atomic E-state index is 0.113. The number of nitrogens with zero attached hydrogens (tertiary/aromatic N) is 4. The van der Waals surface area contributed by atoms with Crippen molar-refractivity contribution in [3.05, 3.63) is 72.6 Å². The molecule has 4 aromatic rings. The fourth-order valence-corrected chi connectivity index (χ4v) is 8.20. The molecule has 2 aromatic heterocycles. The minimum atomic E-state index is -0.949. The minimum Gasteiger partial charge on any atom is -0.453 e. The average molecular weight is 811 g/mol. The number of aromatic amines is 2. The van der Waals surface area contributed by atoms with Gasteiger partial charge in [-0.3, -0.25) is 9.59 Å². The third kappa shape index (κ3) is 8.83. The molecule has 2 aromatic carbocycles. The Bertz CT molecular complexity index is 2110. The number of hydrogen-bond acceptors (Lipinski definition) is 10. The van der Waals surface area contributed by atoms with Crippen LogP contribution in [0.15, 0.2) is 60.9 Å². The van der Waals surface area contributed by atoms with Crippen LogP contribution in [0.4, 0.5) is 9.59 Å². The molecular formula is C43H54N8O8. The van der Waals surface area contributed by atoms with E-state index in [9.17, 15) is 19.2 Å². The van der Waals surface area contributed by atoms with E-state index in [1.165, 1.54) is 14.2 Å². The summed E-state index contributed by atoms with van der Waals surface area (Å²) in [6.07, 6.45) is 5.05. The van der Waals surface area contributed by atoms with Crippen molar-refractivity contribution in [1.82, 2.24) is 40.4 Å². The van der Waals surface area contributed by atoms with Crippen molar-refractivity contribution in [2.75, 3.05) is 40.5 Å². The molecule has 0 radical (unpaired) electrons. The zero-order valence-electron chi connectivity index (χ0n) is 34.4. The number of alkyl carbamates (subject to hydrolysis) is 2. The molecule has 4 amide bonds. The molecule has 16 nitrogen and oxygen atoms in total. The number of imidazole rings is 2. The topological polar surface area (TPSA) is 193 Å². The van der Waals surface area contributed by atoms with Gasteiger partial charge < -0.3 is 49.3 Å². The van der Waals surface area contributed by atoms with Crippen LogP contribution >= 0.6 is 0 Å². The second-order valence-electron chi connectivity index (χ2n) is 16.1. The number of hydrogen-bond donors (Lipinski definition) is 4. The number of likely N-dealkylation sites (tertiary alicyclic amines) is 2. The number of nitrogens with one attached hydrogen (secondary N) is 4. The Morgan fingerprint density at radius 2 is 1.15 bits per heavy atom. The molecule has 3 aliphatic rings. The Morgan fingerprint density at radius 3 is 1.63 bits per heavy atom. The number of H-pyrrole nitrogens is 2. The van der Waals surface area contributed by atoms with Gasteiger partial charge in [0.05, 0.1) is 69.8 Å². The average Bonchev–Trinajstić information content (AvgIpc) is 4.08. The molecule has 4 atom stereocenters. The van der Waals surface area contributed by atoms with Gasteiger partial charge in [-0.05, 0) is 53.4 Å². The third-order valence-electron chi connectivity index (χ3n) is 11.5. The molecule has 3 saturated heterocycles. The number of benzene rings is 2. The lowest BCUT2D eigenvalue weighted by Gasteiger charge is -2.34. The van der Waals surface area contributed by atoms with E-state index in [4.69, 9.17) is 23.9 Å². The van der Waals surface area contributed by atoms with Crippen molar-refractivity contribution in [3.8, 4) is 33.6 Å². The summed E-state index contributed by atoms with van der Waals surface area (Å²) < 4.78 is 21.8. The van der Waals surface area contributed by atoms with E-state index >= 15 is 0 Å². The maximum absolute atomic E-state index is 14.0. The highest BCUT2D eigenvalue weighted by Crippen LogP contribution is 2.42. The van der Waals surface area contributed by atoms with E-state index < -0.39 is 36.1 Å². The van der Waals surface area contributed by atoms with Crippen LogP contribution in [0.25, 0.3) is 33.6 Å². The fourth-order valence-electron chi connectivity index (χ4n) is 8.20. The van der Waals surface area contributed by atoms with Crippen molar-refractivity contribution < 1.29 is 38.1 Å². The highest BCUT2D eigenvalue weighted by Gasteiger charge is 2.52. The summed E-state index contributed by atoms with van der Waals surface area (Å²) in [5, 5.41) is 5.39. The van der Waals surface area contributed by atoms with Gasteiger partial charge in [-0.25, -0.2) is 19.6 Å². The molecule has 0 saturated carbocycles. The largest absolute Gasteiger partial charge is 0.453 e. The van der Waals surface area contributed by atoms with Crippen LogP contribution in [-0.4, -0.2) is 112 Å². The van der Waals surface area contributed by atoms with Gasteiger partial charge in [-0.2, -0.15) is 0 Å². The maximum atomic E-state index is 14.0. The predicted octanol–water partition coefficient (Wildman–Crippen LogP) is 5.97. The lowest BCUT2D eigenvalue weighted by atomic mass is 10.0. The SMILES string of the molecule is COC(=O)NC(C(=O)N1CCCC1c1ncc(-c2ccc(-c3ccc(-c4cnc([C@@H]5CC6(CN5C(=O)[C@@H](NC(=O)OC)C(C)C)OCCCO6)[nH]4)cc3)cc2)[nH]1)C(C)C. The van der Waals surface area contributed by atoms with E-state index in [1.54, 1.807) is 22.2 Å². The van der Waals surface area contributed by atoms with Crippen LogP contribution in [0.1, 0.15) is 77.1 Å². The molecule has 16 heteroatoms. The van der Waals surface area contributed by atoms with Crippen LogP contribution in [-0.2, 0) is 28.5 Å². The van der Waals surface area contributed by atoms with E-state index in [0.29, 0.717) is 37.8 Å². The smallest absolute Gasteiger partial charge is 0.407 e. The standard InChI is InChI=1S/C43H54N8O8/c1-25(2)35(48-41(54)56-5)39(52)50-18-7-9-33(50)37-44-22-31(46-37)29-14-10-27(11-15-29)28-12-16-30(17-13-28)32-23-45-38(47-32)34-21-43(58-19-8-20-59-43)24-51(34)40(53)36(26(3)4)49-42(55)57-6/h10-17,22-23,25-26,33-36H,7-9,18-21,24H2,1-6H3,(H,44,46)(H,45,47)(H,48,54)(H,49,55)/t33?,34-,35?,36-/m0/s1.